The summed E-state index contributed by atoms with van der Waals surface area (Å²) in [4.78, 5) is 26.4. The van der Waals surface area contributed by atoms with Gasteiger partial charge in [-0.2, -0.15) is 5.10 Å². The van der Waals surface area contributed by atoms with Crippen molar-refractivity contribution in [2.45, 2.75) is 38.8 Å². The summed E-state index contributed by atoms with van der Waals surface area (Å²) in [5, 5.41) is 7.30. The van der Waals surface area contributed by atoms with Crippen molar-refractivity contribution < 1.29 is 9.53 Å². The normalized spacial score (nSPS) is 14.8. The minimum atomic E-state index is -0.0799. The summed E-state index contributed by atoms with van der Waals surface area (Å²) < 4.78 is 6.64. The number of aryl methyl sites for hydroxylation is 1. The van der Waals surface area contributed by atoms with Crippen molar-refractivity contribution in [2.24, 2.45) is 0 Å². The molecule has 1 fully saturated rings. The number of hydrogen-bond acceptors (Lipinski definition) is 5. The number of carbonyl (C=O) groups is 1. The molecule has 0 atom stereocenters. The second-order valence-electron chi connectivity index (χ2n) is 6.72. The van der Waals surface area contributed by atoms with Crippen molar-refractivity contribution in [3.05, 3.63) is 52.4 Å². The topological polar surface area (TPSA) is 76.5 Å². The van der Waals surface area contributed by atoms with Crippen LogP contribution in [0.25, 0.3) is 0 Å². The van der Waals surface area contributed by atoms with Crippen LogP contribution in [0.1, 0.15) is 25.3 Å². The Kier molecular flexibility index (Phi) is 6.11. The van der Waals surface area contributed by atoms with Crippen LogP contribution in [0.5, 0.6) is 5.75 Å². The SMILES string of the molecule is CCn1ncc(N2CCC(NC(=O)Cc3cccc(OC)c3)CC2)cc1=O. The molecular formula is C20H26N4O3. The van der Waals surface area contributed by atoms with Gasteiger partial charge in [-0.25, -0.2) is 4.68 Å². The minimum Gasteiger partial charge on any atom is -0.497 e. The first kappa shape index (κ1) is 18.9. The molecule has 1 aliphatic heterocycles. The second-order valence-corrected chi connectivity index (χ2v) is 6.72. The maximum atomic E-state index is 12.3. The second kappa shape index (κ2) is 8.70. The standard InChI is InChI=1S/C20H26N4O3/c1-3-24-20(26)13-17(14-21-24)23-9-7-16(8-10-23)22-19(25)12-15-5-4-6-18(11-15)27-2/h4-6,11,13-14,16H,3,7-10,12H2,1-2H3,(H,22,25). The summed E-state index contributed by atoms with van der Waals surface area (Å²) in [6.07, 6.45) is 3.78. The Bertz CT molecular complexity index is 841. The summed E-state index contributed by atoms with van der Waals surface area (Å²) in [6, 6.07) is 9.36. The molecule has 1 N–H and O–H groups in total. The lowest BCUT2D eigenvalue weighted by atomic mass is 10.0. The van der Waals surface area contributed by atoms with Crippen LogP contribution in [0.15, 0.2) is 41.3 Å². The Balaban J connectivity index is 1.51. The van der Waals surface area contributed by atoms with Gasteiger partial charge in [-0.05, 0) is 37.5 Å². The van der Waals surface area contributed by atoms with Gasteiger partial charge in [0.2, 0.25) is 5.91 Å². The van der Waals surface area contributed by atoms with Crippen molar-refractivity contribution in [1.29, 1.82) is 0 Å². The lowest BCUT2D eigenvalue weighted by molar-refractivity contribution is -0.121. The van der Waals surface area contributed by atoms with Gasteiger partial charge in [-0.3, -0.25) is 9.59 Å². The fourth-order valence-corrected chi connectivity index (χ4v) is 3.36. The van der Waals surface area contributed by atoms with Gasteiger partial charge in [-0.15, -0.1) is 0 Å². The zero-order valence-corrected chi connectivity index (χ0v) is 15.9. The van der Waals surface area contributed by atoms with E-state index < -0.39 is 0 Å². The predicted molar refractivity (Wildman–Crippen MR) is 104 cm³/mol. The van der Waals surface area contributed by atoms with E-state index in [1.54, 1.807) is 19.4 Å². The van der Waals surface area contributed by atoms with Crippen LogP contribution in [0.2, 0.25) is 0 Å². The molecule has 0 saturated carbocycles. The Hall–Kier alpha value is -2.83. The monoisotopic (exact) mass is 370 g/mol. The summed E-state index contributed by atoms with van der Waals surface area (Å²) in [5.41, 5.74) is 1.71. The average molecular weight is 370 g/mol. The molecule has 27 heavy (non-hydrogen) atoms. The van der Waals surface area contributed by atoms with E-state index in [2.05, 4.69) is 15.3 Å². The maximum Gasteiger partial charge on any atom is 0.268 e. The molecule has 0 spiro atoms. The third kappa shape index (κ3) is 4.87. The number of benzene rings is 1. The van der Waals surface area contributed by atoms with E-state index in [0.29, 0.717) is 13.0 Å². The quantitative estimate of drug-likeness (QED) is 0.836. The Morgan fingerprint density at radius 1 is 1.30 bits per heavy atom. The molecule has 0 radical (unpaired) electrons. The number of methoxy groups -OCH3 is 1. The van der Waals surface area contributed by atoms with Gasteiger partial charge in [-0.1, -0.05) is 12.1 Å². The first-order valence-electron chi connectivity index (χ1n) is 9.33. The van der Waals surface area contributed by atoms with Crippen molar-refractivity contribution in [3.63, 3.8) is 0 Å². The fourth-order valence-electron chi connectivity index (χ4n) is 3.36. The molecule has 1 aromatic carbocycles. The highest BCUT2D eigenvalue weighted by molar-refractivity contribution is 5.79. The molecule has 7 heteroatoms. The number of rotatable bonds is 6. The Morgan fingerprint density at radius 2 is 2.07 bits per heavy atom. The molecule has 2 heterocycles. The van der Waals surface area contributed by atoms with Crippen molar-refractivity contribution in [1.82, 2.24) is 15.1 Å². The van der Waals surface area contributed by atoms with Gasteiger partial charge in [0.15, 0.2) is 0 Å². The lowest BCUT2D eigenvalue weighted by Gasteiger charge is -2.33. The Morgan fingerprint density at radius 3 is 2.74 bits per heavy atom. The van der Waals surface area contributed by atoms with Gasteiger partial charge in [0, 0.05) is 31.7 Å². The van der Waals surface area contributed by atoms with E-state index in [9.17, 15) is 9.59 Å². The van der Waals surface area contributed by atoms with Crippen LogP contribution in [0.3, 0.4) is 0 Å². The zero-order valence-electron chi connectivity index (χ0n) is 15.9. The summed E-state index contributed by atoms with van der Waals surface area (Å²) >= 11 is 0. The third-order valence-electron chi connectivity index (χ3n) is 4.88. The number of amides is 1. The number of anilines is 1. The molecular weight excluding hydrogens is 344 g/mol. The predicted octanol–water partition coefficient (Wildman–Crippen LogP) is 1.60. The van der Waals surface area contributed by atoms with E-state index in [4.69, 9.17) is 4.74 Å². The Labute approximate surface area is 158 Å². The molecule has 3 rings (SSSR count). The van der Waals surface area contributed by atoms with Crippen LogP contribution in [0, 0.1) is 0 Å². The number of carbonyl (C=O) groups excluding carboxylic acids is 1. The average Bonchev–Trinajstić information content (AvgIpc) is 2.68. The van der Waals surface area contributed by atoms with E-state index in [1.807, 2.05) is 31.2 Å². The van der Waals surface area contributed by atoms with Crippen LogP contribution in [-0.2, 0) is 17.8 Å². The number of piperidine rings is 1. The highest BCUT2D eigenvalue weighted by Gasteiger charge is 2.21. The first-order chi connectivity index (χ1) is 13.1. The smallest absolute Gasteiger partial charge is 0.268 e. The van der Waals surface area contributed by atoms with Crippen LogP contribution in [0.4, 0.5) is 5.69 Å². The van der Waals surface area contributed by atoms with Gasteiger partial charge >= 0.3 is 0 Å². The molecule has 0 aliphatic carbocycles. The molecule has 1 aromatic heterocycles. The molecule has 0 bridgehead atoms. The molecule has 1 aliphatic rings. The van der Waals surface area contributed by atoms with E-state index >= 15 is 0 Å². The number of hydrogen-bond donors (Lipinski definition) is 1. The summed E-state index contributed by atoms with van der Waals surface area (Å²) in [5.74, 6) is 0.779. The molecule has 2 aromatic rings. The van der Waals surface area contributed by atoms with Gasteiger partial charge < -0.3 is 15.0 Å². The number of nitrogens with zero attached hydrogens (tertiary/aromatic N) is 3. The minimum absolute atomic E-state index is 0.0221. The van der Waals surface area contributed by atoms with Crippen molar-refractivity contribution in [2.75, 3.05) is 25.1 Å². The van der Waals surface area contributed by atoms with E-state index in [1.165, 1.54) is 4.68 Å². The number of nitrogens with one attached hydrogen (secondary N) is 1. The molecule has 1 amide bonds. The molecule has 7 nitrogen and oxygen atoms in total. The highest BCUT2D eigenvalue weighted by Crippen LogP contribution is 2.18. The van der Waals surface area contributed by atoms with Crippen LogP contribution < -0.4 is 20.5 Å². The first-order valence-corrected chi connectivity index (χ1v) is 9.33. The zero-order chi connectivity index (χ0) is 19.2. The fraction of sp³-hybridized carbons (Fsp3) is 0.450. The van der Waals surface area contributed by atoms with Gasteiger partial charge in [0.05, 0.1) is 25.4 Å². The van der Waals surface area contributed by atoms with Gasteiger partial charge in [0.25, 0.3) is 5.56 Å². The van der Waals surface area contributed by atoms with Crippen molar-refractivity contribution >= 4 is 11.6 Å². The highest BCUT2D eigenvalue weighted by atomic mass is 16.5. The van der Waals surface area contributed by atoms with Crippen LogP contribution >= 0.6 is 0 Å². The van der Waals surface area contributed by atoms with Gasteiger partial charge in [0.1, 0.15) is 5.75 Å². The van der Waals surface area contributed by atoms with E-state index in [0.717, 1.165) is 42.9 Å². The number of ether oxygens (including phenoxy) is 1. The largest absolute Gasteiger partial charge is 0.497 e. The number of aromatic nitrogens is 2. The van der Waals surface area contributed by atoms with Crippen LogP contribution in [-0.4, -0.2) is 41.9 Å². The molecule has 0 unspecified atom stereocenters. The molecule has 144 valence electrons. The summed E-state index contributed by atoms with van der Waals surface area (Å²) in [6.45, 7) is 4.05. The molecule has 1 saturated heterocycles. The maximum absolute atomic E-state index is 12.3. The van der Waals surface area contributed by atoms with E-state index in [-0.39, 0.29) is 17.5 Å². The lowest BCUT2D eigenvalue weighted by Crippen LogP contribution is -2.45. The third-order valence-corrected chi connectivity index (χ3v) is 4.88. The van der Waals surface area contributed by atoms with Crippen molar-refractivity contribution in [3.8, 4) is 5.75 Å². The summed E-state index contributed by atoms with van der Waals surface area (Å²) in [7, 11) is 1.62.